The van der Waals surface area contributed by atoms with Crippen LogP contribution in [0.15, 0.2) is 30.3 Å². The molecule has 3 rings (SSSR count). The van der Waals surface area contributed by atoms with E-state index in [9.17, 15) is 4.79 Å². The van der Waals surface area contributed by atoms with Gasteiger partial charge >= 0.3 is 0 Å². The molecule has 0 saturated carbocycles. The summed E-state index contributed by atoms with van der Waals surface area (Å²) in [6.45, 7) is 4.11. The summed E-state index contributed by atoms with van der Waals surface area (Å²) >= 11 is 6.46. The minimum Gasteiger partial charge on any atom is -0.497 e. The number of halogens is 1. The minimum absolute atomic E-state index is 0.0252. The largest absolute Gasteiger partial charge is 0.497 e. The molecule has 1 fully saturated rings. The summed E-state index contributed by atoms with van der Waals surface area (Å²) in [7, 11) is 1.64. The van der Waals surface area contributed by atoms with E-state index in [2.05, 4.69) is 5.10 Å². The van der Waals surface area contributed by atoms with Crippen LogP contribution in [0.4, 0.5) is 0 Å². The Kier molecular flexibility index (Phi) is 4.90. The van der Waals surface area contributed by atoms with Gasteiger partial charge in [0, 0.05) is 24.7 Å². The molecule has 0 aliphatic carbocycles. The van der Waals surface area contributed by atoms with Crippen molar-refractivity contribution >= 4 is 23.6 Å². The highest BCUT2D eigenvalue weighted by Crippen LogP contribution is 2.23. The third-order valence-corrected chi connectivity index (χ3v) is 4.53. The Hall–Kier alpha value is -2.27. The van der Waals surface area contributed by atoms with Crippen molar-refractivity contribution in [1.82, 2.24) is 14.7 Å². The van der Waals surface area contributed by atoms with Crippen LogP contribution < -0.4 is 4.74 Å². The third-order valence-electron chi connectivity index (χ3n) is 4.14. The number of amides is 1. The molecule has 0 unspecified atom stereocenters. The zero-order chi connectivity index (χ0) is 17.1. The molecule has 1 amide bonds. The number of aromatic nitrogens is 2. The van der Waals surface area contributed by atoms with Gasteiger partial charge in [0.1, 0.15) is 10.9 Å². The number of aryl methyl sites for hydroxylation is 1. The van der Waals surface area contributed by atoms with Gasteiger partial charge in [0.15, 0.2) is 0 Å². The maximum absolute atomic E-state index is 11.9. The van der Waals surface area contributed by atoms with Crippen LogP contribution >= 0.6 is 11.6 Å². The van der Waals surface area contributed by atoms with Gasteiger partial charge in [-0.1, -0.05) is 23.7 Å². The van der Waals surface area contributed by atoms with Gasteiger partial charge < -0.3 is 9.64 Å². The normalized spacial score (nSPS) is 14.0. The number of carbonyl (C=O) groups is 1. The number of benzene rings is 1. The number of rotatable bonds is 5. The van der Waals surface area contributed by atoms with Crippen molar-refractivity contribution in [3.05, 3.63) is 52.3 Å². The number of likely N-dealkylation sites (tertiary alicyclic amines) is 1. The number of methoxy groups -OCH3 is 1. The third kappa shape index (κ3) is 3.46. The van der Waals surface area contributed by atoms with Gasteiger partial charge in [-0.05, 0) is 37.1 Å². The summed E-state index contributed by atoms with van der Waals surface area (Å²) in [6.07, 6.45) is 4.41. The molecule has 2 heterocycles. The molecule has 0 atom stereocenters. The Labute approximate surface area is 146 Å². The van der Waals surface area contributed by atoms with E-state index in [0.717, 1.165) is 42.1 Å². The number of ether oxygens (including phenoxy) is 1. The summed E-state index contributed by atoms with van der Waals surface area (Å²) < 4.78 is 6.97. The lowest BCUT2D eigenvalue weighted by atomic mass is 10.2. The van der Waals surface area contributed by atoms with Gasteiger partial charge in [-0.2, -0.15) is 5.10 Å². The fraction of sp³-hybridized carbons (Fsp3) is 0.333. The van der Waals surface area contributed by atoms with E-state index in [4.69, 9.17) is 16.3 Å². The van der Waals surface area contributed by atoms with Crippen molar-refractivity contribution < 1.29 is 9.53 Å². The highest BCUT2D eigenvalue weighted by Gasteiger charge is 2.18. The molecule has 2 aromatic rings. The zero-order valence-corrected chi connectivity index (χ0v) is 14.6. The van der Waals surface area contributed by atoms with Crippen LogP contribution in [0.5, 0.6) is 5.75 Å². The molecule has 1 aromatic heterocycles. The van der Waals surface area contributed by atoms with Crippen LogP contribution in [0.25, 0.3) is 6.08 Å². The van der Waals surface area contributed by atoms with E-state index in [-0.39, 0.29) is 5.91 Å². The molecule has 0 radical (unpaired) electrons. The summed E-state index contributed by atoms with van der Waals surface area (Å²) in [4.78, 5) is 13.8. The van der Waals surface area contributed by atoms with Crippen molar-refractivity contribution in [1.29, 1.82) is 0 Å². The monoisotopic (exact) mass is 345 g/mol. The molecule has 1 aromatic carbocycles. The summed E-state index contributed by atoms with van der Waals surface area (Å²) in [5.41, 5.74) is 2.63. The molecule has 0 bridgehead atoms. The molecule has 1 saturated heterocycles. The summed E-state index contributed by atoms with van der Waals surface area (Å²) in [5, 5.41) is 5.02. The second kappa shape index (κ2) is 7.09. The molecule has 0 spiro atoms. The SMILES string of the molecule is COc1cccc(Cn2nc(C)c(C=CC(=O)N3CCC3)c2Cl)c1. The molecule has 6 heteroatoms. The summed E-state index contributed by atoms with van der Waals surface area (Å²) in [6, 6.07) is 7.79. The molecule has 1 aliphatic rings. The first-order chi connectivity index (χ1) is 11.6. The number of carbonyl (C=O) groups excluding carboxylic acids is 1. The Morgan fingerprint density at radius 1 is 1.42 bits per heavy atom. The predicted octanol–water partition coefficient (Wildman–Crippen LogP) is 3.15. The van der Waals surface area contributed by atoms with Crippen LogP contribution in [0.1, 0.15) is 23.2 Å². The Bertz CT molecular complexity index is 779. The van der Waals surface area contributed by atoms with Gasteiger partial charge in [0.05, 0.1) is 19.3 Å². The van der Waals surface area contributed by atoms with Gasteiger partial charge in [-0.3, -0.25) is 4.79 Å². The van der Waals surface area contributed by atoms with Gasteiger partial charge in [0.25, 0.3) is 0 Å². The molecule has 1 aliphatic heterocycles. The fourth-order valence-corrected chi connectivity index (χ4v) is 2.90. The second-order valence-corrected chi connectivity index (χ2v) is 6.17. The number of hydrogen-bond donors (Lipinski definition) is 0. The Morgan fingerprint density at radius 3 is 2.88 bits per heavy atom. The van der Waals surface area contributed by atoms with E-state index >= 15 is 0 Å². The first-order valence-electron chi connectivity index (χ1n) is 7.91. The Morgan fingerprint density at radius 2 is 2.21 bits per heavy atom. The lowest BCUT2D eigenvalue weighted by Gasteiger charge is -2.29. The molecular formula is C18H20ClN3O2. The van der Waals surface area contributed by atoms with Crippen LogP contribution in [-0.4, -0.2) is 40.8 Å². The molecule has 126 valence electrons. The Balaban J connectivity index is 1.78. The number of hydrogen-bond acceptors (Lipinski definition) is 3. The van der Waals surface area contributed by atoms with Crippen LogP contribution in [0, 0.1) is 6.92 Å². The molecule has 24 heavy (non-hydrogen) atoms. The van der Waals surface area contributed by atoms with Crippen molar-refractivity contribution in [2.24, 2.45) is 0 Å². The fourth-order valence-electron chi connectivity index (χ4n) is 2.60. The highest BCUT2D eigenvalue weighted by molar-refractivity contribution is 6.31. The van der Waals surface area contributed by atoms with Crippen LogP contribution in [-0.2, 0) is 11.3 Å². The topological polar surface area (TPSA) is 47.4 Å². The first kappa shape index (κ1) is 16.6. The van der Waals surface area contributed by atoms with E-state index in [1.54, 1.807) is 28.8 Å². The summed E-state index contributed by atoms with van der Waals surface area (Å²) in [5.74, 6) is 0.824. The van der Waals surface area contributed by atoms with Gasteiger partial charge in [0.2, 0.25) is 5.91 Å². The average molecular weight is 346 g/mol. The van der Waals surface area contributed by atoms with Crippen molar-refractivity contribution in [2.75, 3.05) is 20.2 Å². The van der Waals surface area contributed by atoms with E-state index in [1.807, 2.05) is 31.2 Å². The van der Waals surface area contributed by atoms with E-state index in [1.165, 1.54) is 0 Å². The lowest BCUT2D eigenvalue weighted by Crippen LogP contribution is -2.40. The molecular weight excluding hydrogens is 326 g/mol. The predicted molar refractivity (Wildman–Crippen MR) is 94.3 cm³/mol. The standard InChI is InChI=1S/C18H20ClN3O2/c1-13-16(7-8-17(23)21-9-4-10-21)18(19)22(20-13)12-14-5-3-6-15(11-14)24-2/h3,5-8,11H,4,9-10,12H2,1-2H3. The van der Waals surface area contributed by atoms with Gasteiger partial charge in [-0.15, -0.1) is 0 Å². The maximum atomic E-state index is 11.9. The van der Waals surface area contributed by atoms with Crippen molar-refractivity contribution in [3.8, 4) is 5.75 Å². The van der Waals surface area contributed by atoms with Crippen molar-refractivity contribution in [3.63, 3.8) is 0 Å². The minimum atomic E-state index is 0.0252. The van der Waals surface area contributed by atoms with Crippen LogP contribution in [0.3, 0.4) is 0 Å². The zero-order valence-electron chi connectivity index (χ0n) is 13.8. The highest BCUT2D eigenvalue weighted by atomic mass is 35.5. The maximum Gasteiger partial charge on any atom is 0.246 e. The van der Waals surface area contributed by atoms with Crippen LogP contribution in [0.2, 0.25) is 5.15 Å². The van der Waals surface area contributed by atoms with E-state index < -0.39 is 0 Å². The van der Waals surface area contributed by atoms with Gasteiger partial charge in [-0.25, -0.2) is 4.68 Å². The van der Waals surface area contributed by atoms with E-state index in [0.29, 0.717) is 11.7 Å². The first-order valence-corrected chi connectivity index (χ1v) is 8.29. The second-order valence-electron chi connectivity index (χ2n) is 5.81. The number of nitrogens with zero attached hydrogens (tertiary/aromatic N) is 3. The average Bonchev–Trinajstić information content (AvgIpc) is 2.78. The molecule has 0 N–H and O–H groups in total. The lowest BCUT2D eigenvalue weighted by molar-refractivity contribution is -0.129. The van der Waals surface area contributed by atoms with Crippen molar-refractivity contribution in [2.45, 2.75) is 19.9 Å². The quantitative estimate of drug-likeness (QED) is 0.782. The smallest absolute Gasteiger partial charge is 0.246 e. The molecule has 5 nitrogen and oxygen atoms in total.